The maximum absolute atomic E-state index is 4.67. The normalized spacial score (nSPS) is 29.5. The molecule has 1 fully saturated rings. The summed E-state index contributed by atoms with van der Waals surface area (Å²) in [6.07, 6.45) is 7.18. The molecule has 3 heteroatoms. The Hall–Kier alpha value is -0.830. The lowest BCUT2D eigenvalue weighted by atomic mass is 9.99. The molecule has 0 aliphatic carbocycles. The summed E-state index contributed by atoms with van der Waals surface area (Å²) in [4.78, 5) is 7.10. The molecule has 2 aliphatic rings. The van der Waals surface area contributed by atoms with Crippen LogP contribution in [-0.2, 0) is 19.4 Å². The van der Waals surface area contributed by atoms with Gasteiger partial charge in [-0.2, -0.15) is 0 Å². The minimum absolute atomic E-state index is 0.821. The van der Waals surface area contributed by atoms with Crippen molar-refractivity contribution >= 4 is 0 Å². The molecule has 0 aromatic carbocycles. The van der Waals surface area contributed by atoms with Crippen molar-refractivity contribution in [2.75, 3.05) is 20.1 Å². The highest BCUT2D eigenvalue weighted by Gasteiger charge is 2.24. The van der Waals surface area contributed by atoms with Gasteiger partial charge in [0, 0.05) is 31.4 Å². The minimum Gasteiger partial charge on any atom is -0.332 e. The number of fused-ring (bicyclic) bond motifs is 1. The first-order chi connectivity index (χ1) is 8.22. The maximum atomic E-state index is 4.67. The fraction of sp³-hybridized carbons (Fsp3) is 0.786. The number of nitrogens with zero attached hydrogens (tertiary/aromatic N) is 3. The standard InChI is InChI=1S/C14H23N3/c1-11-3-4-13-8-15-14(17(13)9-11)7-12-5-6-16(2)10-12/h8,11-12H,3-7,9-10H2,1-2H3. The largest absolute Gasteiger partial charge is 0.332 e. The third-order valence-electron chi connectivity index (χ3n) is 4.37. The summed E-state index contributed by atoms with van der Waals surface area (Å²) in [5, 5.41) is 0. The molecule has 2 aliphatic heterocycles. The van der Waals surface area contributed by atoms with Gasteiger partial charge in [-0.25, -0.2) is 4.98 Å². The van der Waals surface area contributed by atoms with E-state index in [0.717, 1.165) is 11.8 Å². The van der Waals surface area contributed by atoms with Gasteiger partial charge in [-0.3, -0.25) is 0 Å². The SMILES string of the molecule is CC1CCc2cnc(CC3CCN(C)C3)n2C1. The van der Waals surface area contributed by atoms with Crippen molar-refractivity contribution in [3.8, 4) is 0 Å². The van der Waals surface area contributed by atoms with E-state index in [1.54, 1.807) is 0 Å². The molecular formula is C14H23N3. The molecular weight excluding hydrogens is 210 g/mol. The van der Waals surface area contributed by atoms with Crippen LogP contribution in [0.15, 0.2) is 6.20 Å². The Bertz CT molecular complexity index is 396. The number of rotatable bonds is 2. The molecule has 0 spiro atoms. The van der Waals surface area contributed by atoms with Crippen LogP contribution < -0.4 is 0 Å². The van der Waals surface area contributed by atoms with E-state index in [4.69, 9.17) is 0 Å². The molecule has 2 atom stereocenters. The highest BCUT2D eigenvalue weighted by molar-refractivity contribution is 5.09. The van der Waals surface area contributed by atoms with Crippen molar-refractivity contribution in [3.05, 3.63) is 17.7 Å². The Balaban J connectivity index is 1.73. The second-order valence-electron chi connectivity index (χ2n) is 6.04. The predicted molar refractivity (Wildman–Crippen MR) is 69.0 cm³/mol. The topological polar surface area (TPSA) is 21.1 Å². The Kier molecular flexibility index (Phi) is 2.95. The van der Waals surface area contributed by atoms with Gasteiger partial charge in [-0.1, -0.05) is 6.92 Å². The molecule has 0 radical (unpaired) electrons. The van der Waals surface area contributed by atoms with Crippen LogP contribution in [0.25, 0.3) is 0 Å². The first-order valence-corrected chi connectivity index (χ1v) is 6.94. The van der Waals surface area contributed by atoms with Crippen LogP contribution in [0, 0.1) is 11.8 Å². The highest BCUT2D eigenvalue weighted by Crippen LogP contribution is 2.24. The van der Waals surface area contributed by atoms with Crippen LogP contribution in [0.4, 0.5) is 0 Å². The van der Waals surface area contributed by atoms with E-state index in [9.17, 15) is 0 Å². The Morgan fingerprint density at radius 3 is 3.00 bits per heavy atom. The summed E-state index contributed by atoms with van der Waals surface area (Å²) in [7, 11) is 2.23. The second kappa shape index (κ2) is 4.45. The van der Waals surface area contributed by atoms with Gasteiger partial charge in [0.1, 0.15) is 5.82 Å². The van der Waals surface area contributed by atoms with Crippen LogP contribution in [0.3, 0.4) is 0 Å². The molecule has 0 N–H and O–H groups in total. The number of hydrogen-bond donors (Lipinski definition) is 0. The molecule has 1 saturated heterocycles. The van der Waals surface area contributed by atoms with Gasteiger partial charge in [0.15, 0.2) is 0 Å². The monoisotopic (exact) mass is 233 g/mol. The van der Waals surface area contributed by atoms with Gasteiger partial charge < -0.3 is 9.47 Å². The van der Waals surface area contributed by atoms with E-state index in [2.05, 4.69) is 34.6 Å². The number of likely N-dealkylation sites (tertiary alicyclic amines) is 1. The summed E-state index contributed by atoms with van der Waals surface area (Å²) < 4.78 is 2.49. The van der Waals surface area contributed by atoms with E-state index in [0.29, 0.717) is 0 Å². The maximum Gasteiger partial charge on any atom is 0.109 e. The van der Waals surface area contributed by atoms with Gasteiger partial charge in [0.2, 0.25) is 0 Å². The first-order valence-electron chi connectivity index (χ1n) is 6.94. The fourth-order valence-corrected chi connectivity index (χ4v) is 3.29. The average Bonchev–Trinajstić information content (AvgIpc) is 2.87. The van der Waals surface area contributed by atoms with Crippen LogP contribution in [-0.4, -0.2) is 34.6 Å². The molecule has 94 valence electrons. The molecule has 0 amide bonds. The lowest BCUT2D eigenvalue weighted by Crippen LogP contribution is -2.21. The van der Waals surface area contributed by atoms with Crippen LogP contribution >= 0.6 is 0 Å². The fourth-order valence-electron chi connectivity index (χ4n) is 3.29. The smallest absolute Gasteiger partial charge is 0.109 e. The number of aryl methyl sites for hydroxylation is 1. The molecule has 0 bridgehead atoms. The molecule has 1 aromatic rings. The van der Waals surface area contributed by atoms with Crippen LogP contribution in [0.2, 0.25) is 0 Å². The van der Waals surface area contributed by atoms with Crippen molar-refractivity contribution in [3.63, 3.8) is 0 Å². The molecule has 0 saturated carbocycles. The first kappa shape index (κ1) is 11.3. The molecule has 3 rings (SSSR count). The molecule has 1 aromatic heterocycles. The third kappa shape index (κ3) is 2.25. The average molecular weight is 233 g/mol. The van der Waals surface area contributed by atoms with E-state index < -0.39 is 0 Å². The molecule has 3 nitrogen and oxygen atoms in total. The molecule has 3 heterocycles. The number of hydrogen-bond acceptors (Lipinski definition) is 2. The van der Waals surface area contributed by atoms with Crippen LogP contribution in [0.1, 0.15) is 31.3 Å². The van der Waals surface area contributed by atoms with E-state index in [1.165, 1.54) is 56.8 Å². The zero-order chi connectivity index (χ0) is 11.8. The van der Waals surface area contributed by atoms with Crippen molar-refractivity contribution in [2.45, 2.75) is 39.2 Å². The minimum atomic E-state index is 0.821. The van der Waals surface area contributed by atoms with Crippen molar-refractivity contribution < 1.29 is 0 Å². The summed E-state index contributed by atoms with van der Waals surface area (Å²) >= 11 is 0. The second-order valence-corrected chi connectivity index (χ2v) is 6.04. The summed E-state index contributed by atoms with van der Waals surface area (Å²) in [5.41, 5.74) is 1.46. The summed E-state index contributed by atoms with van der Waals surface area (Å²) in [5.74, 6) is 2.98. The lowest BCUT2D eigenvalue weighted by molar-refractivity contribution is 0.372. The van der Waals surface area contributed by atoms with Gasteiger partial charge in [0.25, 0.3) is 0 Å². The van der Waals surface area contributed by atoms with E-state index in [-0.39, 0.29) is 0 Å². The van der Waals surface area contributed by atoms with Gasteiger partial charge in [0.05, 0.1) is 0 Å². The lowest BCUT2D eigenvalue weighted by Gasteiger charge is -2.23. The highest BCUT2D eigenvalue weighted by atomic mass is 15.1. The zero-order valence-corrected chi connectivity index (χ0v) is 11.0. The van der Waals surface area contributed by atoms with Gasteiger partial charge in [-0.05, 0) is 44.7 Å². The van der Waals surface area contributed by atoms with Gasteiger partial charge >= 0.3 is 0 Å². The van der Waals surface area contributed by atoms with Crippen molar-refractivity contribution in [1.82, 2.24) is 14.5 Å². The number of aromatic nitrogens is 2. The molecule has 2 unspecified atom stereocenters. The number of imidazole rings is 1. The van der Waals surface area contributed by atoms with E-state index >= 15 is 0 Å². The quantitative estimate of drug-likeness (QED) is 0.778. The van der Waals surface area contributed by atoms with Crippen molar-refractivity contribution in [2.24, 2.45) is 11.8 Å². The third-order valence-corrected chi connectivity index (χ3v) is 4.37. The Labute approximate surface area is 104 Å². The van der Waals surface area contributed by atoms with Crippen LogP contribution in [0.5, 0.6) is 0 Å². The predicted octanol–water partition coefficient (Wildman–Crippen LogP) is 1.96. The summed E-state index contributed by atoms with van der Waals surface area (Å²) in [6.45, 7) is 6.05. The van der Waals surface area contributed by atoms with Gasteiger partial charge in [-0.15, -0.1) is 0 Å². The van der Waals surface area contributed by atoms with E-state index in [1.807, 2.05) is 0 Å². The molecule has 17 heavy (non-hydrogen) atoms. The zero-order valence-electron chi connectivity index (χ0n) is 11.0. The Morgan fingerprint density at radius 2 is 2.24 bits per heavy atom. The van der Waals surface area contributed by atoms with Crippen molar-refractivity contribution in [1.29, 1.82) is 0 Å². The summed E-state index contributed by atoms with van der Waals surface area (Å²) in [6, 6.07) is 0. The Morgan fingerprint density at radius 1 is 1.35 bits per heavy atom.